The van der Waals surface area contributed by atoms with Gasteiger partial charge in [0.1, 0.15) is 0 Å². The highest BCUT2D eigenvalue weighted by molar-refractivity contribution is 7.93. The summed E-state index contributed by atoms with van der Waals surface area (Å²) in [6, 6.07) is 0. The van der Waals surface area contributed by atoms with E-state index >= 15 is 0 Å². The Hall–Kier alpha value is -1.13. The second kappa shape index (κ2) is 8.93. The molecule has 0 bridgehead atoms. The molecule has 5 atom stereocenters. The molecule has 5 unspecified atom stereocenters. The normalized spacial score (nSPS) is 37.4. The van der Waals surface area contributed by atoms with Gasteiger partial charge in [0.15, 0.2) is 9.84 Å². The molecule has 0 aliphatic heterocycles. The van der Waals surface area contributed by atoms with E-state index < -0.39 is 9.84 Å². The quantitative estimate of drug-likeness (QED) is 0.619. The molecule has 162 valence electrons. The SMILES string of the molecule is C=C1CCC(O)C/C1=C/C=C1\CCCC2(C)C1CCC2C(C)C/C=C/S(C)(=O)=O. The van der Waals surface area contributed by atoms with Crippen molar-refractivity contribution in [2.24, 2.45) is 23.2 Å². The highest BCUT2D eigenvalue weighted by atomic mass is 32.2. The van der Waals surface area contributed by atoms with Gasteiger partial charge in [-0.1, -0.05) is 49.8 Å². The van der Waals surface area contributed by atoms with Gasteiger partial charge in [0.05, 0.1) is 6.10 Å². The first-order valence-electron chi connectivity index (χ1n) is 11.2. The Kier molecular flexibility index (Phi) is 6.95. The van der Waals surface area contributed by atoms with Crippen LogP contribution in [0.2, 0.25) is 0 Å². The lowest BCUT2D eigenvalue weighted by atomic mass is 9.61. The first kappa shape index (κ1) is 22.6. The minimum absolute atomic E-state index is 0.224. The standard InChI is InChI=1S/C25H38O3S/c1-18-9-12-22(26)17-21(18)11-10-20-8-5-15-25(3)23(13-14-24(20)25)19(2)7-6-16-29(4,27)28/h6,10-11,16,19,22-24,26H,1,5,7-9,12-15,17H2,2-4H3/b16-6+,20-10+,21-11-. The summed E-state index contributed by atoms with van der Waals surface area (Å²) in [5.74, 6) is 1.76. The monoisotopic (exact) mass is 418 g/mol. The van der Waals surface area contributed by atoms with Crippen LogP contribution in [0.25, 0.3) is 0 Å². The number of allylic oxidation sites excluding steroid dienone is 5. The van der Waals surface area contributed by atoms with E-state index in [2.05, 4.69) is 32.6 Å². The van der Waals surface area contributed by atoms with E-state index in [0.29, 0.717) is 23.2 Å². The van der Waals surface area contributed by atoms with Crippen molar-refractivity contribution in [3.05, 3.63) is 46.9 Å². The molecule has 0 saturated heterocycles. The lowest BCUT2D eigenvalue weighted by molar-refractivity contribution is 0.0985. The molecule has 0 aromatic carbocycles. The Labute approximate surface area is 177 Å². The second-order valence-electron chi connectivity index (χ2n) is 9.94. The van der Waals surface area contributed by atoms with E-state index in [1.165, 1.54) is 54.9 Å². The zero-order chi connectivity index (χ0) is 21.2. The van der Waals surface area contributed by atoms with Crippen LogP contribution in [-0.4, -0.2) is 25.9 Å². The van der Waals surface area contributed by atoms with Crippen molar-refractivity contribution in [3.8, 4) is 0 Å². The second-order valence-corrected chi connectivity index (χ2v) is 11.9. The zero-order valence-corrected chi connectivity index (χ0v) is 19.2. The van der Waals surface area contributed by atoms with Crippen LogP contribution in [0, 0.1) is 23.2 Å². The molecule has 3 aliphatic rings. The Morgan fingerprint density at radius 2 is 2.00 bits per heavy atom. The molecule has 0 spiro atoms. The molecule has 0 aromatic rings. The molecule has 0 amide bonds. The third-order valence-electron chi connectivity index (χ3n) is 7.76. The molecule has 3 aliphatic carbocycles. The molecular formula is C25H38O3S. The Morgan fingerprint density at radius 1 is 1.24 bits per heavy atom. The molecule has 0 heterocycles. The number of rotatable bonds is 5. The Morgan fingerprint density at radius 3 is 2.72 bits per heavy atom. The zero-order valence-electron chi connectivity index (χ0n) is 18.4. The summed E-state index contributed by atoms with van der Waals surface area (Å²) in [7, 11) is -3.04. The first-order chi connectivity index (χ1) is 13.6. The van der Waals surface area contributed by atoms with Crippen molar-refractivity contribution >= 4 is 9.84 Å². The van der Waals surface area contributed by atoms with Crippen molar-refractivity contribution in [3.63, 3.8) is 0 Å². The molecule has 29 heavy (non-hydrogen) atoms. The van der Waals surface area contributed by atoms with Gasteiger partial charge >= 0.3 is 0 Å². The van der Waals surface area contributed by atoms with E-state index in [1.807, 2.05) is 6.08 Å². The van der Waals surface area contributed by atoms with Crippen LogP contribution in [-0.2, 0) is 9.84 Å². The maximum Gasteiger partial charge on any atom is 0.168 e. The molecule has 3 saturated carbocycles. The van der Waals surface area contributed by atoms with Gasteiger partial charge in [-0.2, -0.15) is 0 Å². The van der Waals surface area contributed by atoms with Crippen LogP contribution in [0.3, 0.4) is 0 Å². The smallest absolute Gasteiger partial charge is 0.168 e. The minimum Gasteiger partial charge on any atom is -0.393 e. The Bertz CT molecular complexity index is 817. The summed E-state index contributed by atoms with van der Waals surface area (Å²) in [5.41, 5.74) is 4.28. The van der Waals surface area contributed by atoms with Crippen molar-refractivity contribution < 1.29 is 13.5 Å². The molecule has 1 N–H and O–H groups in total. The molecule has 3 fully saturated rings. The fraction of sp³-hybridized carbons (Fsp3) is 0.680. The van der Waals surface area contributed by atoms with Crippen LogP contribution in [0.4, 0.5) is 0 Å². The van der Waals surface area contributed by atoms with E-state index in [4.69, 9.17) is 0 Å². The maximum absolute atomic E-state index is 11.4. The predicted octanol–water partition coefficient (Wildman–Crippen LogP) is 5.74. The molecule has 4 heteroatoms. The predicted molar refractivity (Wildman–Crippen MR) is 121 cm³/mol. The summed E-state index contributed by atoms with van der Waals surface area (Å²) in [4.78, 5) is 0. The fourth-order valence-electron chi connectivity index (χ4n) is 6.22. The van der Waals surface area contributed by atoms with Gasteiger partial charge in [-0.3, -0.25) is 0 Å². The Balaban J connectivity index is 1.74. The van der Waals surface area contributed by atoms with Gasteiger partial charge in [0, 0.05) is 11.7 Å². The number of aliphatic hydroxyl groups is 1. The van der Waals surface area contributed by atoms with Gasteiger partial charge in [0.2, 0.25) is 0 Å². The summed E-state index contributed by atoms with van der Waals surface area (Å²) >= 11 is 0. The van der Waals surface area contributed by atoms with Gasteiger partial charge in [0.25, 0.3) is 0 Å². The third kappa shape index (κ3) is 5.32. The highest BCUT2D eigenvalue weighted by Crippen LogP contribution is 2.59. The summed E-state index contributed by atoms with van der Waals surface area (Å²) in [5, 5.41) is 11.4. The average molecular weight is 419 g/mol. The molecule has 0 radical (unpaired) electrons. The van der Waals surface area contributed by atoms with E-state index in [0.717, 1.165) is 25.7 Å². The van der Waals surface area contributed by atoms with Crippen molar-refractivity contribution in [1.82, 2.24) is 0 Å². The number of hydrogen-bond donors (Lipinski definition) is 1. The number of fused-ring (bicyclic) bond motifs is 1. The maximum atomic E-state index is 11.4. The fourth-order valence-corrected chi connectivity index (χ4v) is 6.68. The van der Waals surface area contributed by atoms with Crippen LogP contribution in [0.15, 0.2) is 46.9 Å². The highest BCUT2D eigenvalue weighted by Gasteiger charge is 2.50. The number of hydrogen-bond acceptors (Lipinski definition) is 3. The summed E-state index contributed by atoms with van der Waals surface area (Å²) in [6.45, 7) is 8.95. The molecular weight excluding hydrogens is 380 g/mol. The number of sulfone groups is 1. The van der Waals surface area contributed by atoms with Gasteiger partial charge in [-0.25, -0.2) is 8.42 Å². The topological polar surface area (TPSA) is 54.4 Å². The molecule has 0 aromatic heterocycles. The van der Waals surface area contributed by atoms with Crippen LogP contribution >= 0.6 is 0 Å². The van der Waals surface area contributed by atoms with Crippen molar-refractivity contribution in [2.75, 3.05) is 6.26 Å². The van der Waals surface area contributed by atoms with Crippen LogP contribution < -0.4 is 0 Å². The van der Waals surface area contributed by atoms with E-state index in [1.54, 1.807) is 5.57 Å². The van der Waals surface area contributed by atoms with Gasteiger partial charge in [-0.15, -0.1) is 0 Å². The average Bonchev–Trinajstić information content (AvgIpc) is 2.99. The van der Waals surface area contributed by atoms with Gasteiger partial charge in [-0.05, 0) is 86.5 Å². The minimum atomic E-state index is -3.04. The summed E-state index contributed by atoms with van der Waals surface area (Å²) in [6.07, 6.45) is 16.9. The van der Waals surface area contributed by atoms with Crippen molar-refractivity contribution in [1.29, 1.82) is 0 Å². The van der Waals surface area contributed by atoms with Crippen molar-refractivity contribution in [2.45, 2.75) is 77.7 Å². The number of aliphatic hydroxyl groups excluding tert-OH is 1. The van der Waals surface area contributed by atoms with Crippen LogP contribution in [0.1, 0.15) is 71.6 Å². The van der Waals surface area contributed by atoms with E-state index in [9.17, 15) is 13.5 Å². The first-order valence-corrected chi connectivity index (χ1v) is 13.2. The summed E-state index contributed by atoms with van der Waals surface area (Å²) < 4.78 is 22.8. The van der Waals surface area contributed by atoms with Crippen LogP contribution in [0.5, 0.6) is 0 Å². The molecule has 3 rings (SSSR count). The molecule has 3 nitrogen and oxygen atoms in total. The lowest BCUT2D eigenvalue weighted by Gasteiger charge is -2.44. The third-order valence-corrected chi connectivity index (χ3v) is 8.45. The lowest BCUT2D eigenvalue weighted by Crippen LogP contribution is -2.35. The van der Waals surface area contributed by atoms with E-state index in [-0.39, 0.29) is 6.10 Å². The van der Waals surface area contributed by atoms with Gasteiger partial charge < -0.3 is 5.11 Å². The largest absolute Gasteiger partial charge is 0.393 e.